The Hall–Kier alpha value is -1.25. The largest absolute Gasteiger partial charge is 0.492 e. The van der Waals surface area contributed by atoms with E-state index >= 15 is 0 Å². The highest BCUT2D eigenvalue weighted by atomic mass is 28.4. The highest BCUT2D eigenvalue weighted by Gasteiger charge is 2.26. The van der Waals surface area contributed by atoms with Crippen LogP contribution in [0, 0.1) is 0 Å². The molecule has 0 fully saturated rings. The quantitative estimate of drug-likeness (QED) is 0.331. The third kappa shape index (κ3) is 6.00. The van der Waals surface area contributed by atoms with Crippen LogP contribution >= 0.6 is 0 Å². The van der Waals surface area contributed by atoms with Gasteiger partial charge in [0, 0.05) is 37.6 Å². The number of rotatable bonds is 9. The normalized spacial score (nSPS) is 12.8. The van der Waals surface area contributed by atoms with E-state index in [2.05, 4.69) is 0 Å². The van der Waals surface area contributed by atoms with Crippen molar-refractivity contribution in [2.24, 2.45) is 0 Å². The van der Waals surface area contributed by atoms with Crippen molar-refractivity contribution >= 4 is 17.6 Å². The van der Waals surface area contributed by atoms with E-state index in [1.807, 2.05) is 45.8 Å². The second kappa shape index (κ2) is 7.76. The second-order valence-corrected chi connectivity index (χ2v) is 10.0. The Morgan fingerprint density at radius 1 is 0.667 bits per heavy atom. The van der Waals surface area contributed by atoms with Gasteiger partial charge < -0.3 is 37.9 Å². The van der Waals surface area contributed by atoms with Gasteiger partial charge in [0.25, 0.3) is 0 Å². The maximum atomic E-state index is 9.09. The molecule has 0 aromatic carbocycles. The van der Waals surface area contributed by atoms with Crippen LogP contribution in [0.4, 0.5) is 0 Å². The minimum atomic E-state index is -4.01. The summed E-state index contributed by atoms with van der Waals surface area (Å²) < 4.78 is 3.93. The lowest BCUT2D eigenvalue weighted by atomic mass is 10.3. The van der Waals surface area contributed by atoms with Gasteiger partial charge in [-0.05, 0) is 37.1 Å². The molecule has 6 N–H and O–H groups in total. The Bertz CT molecular complexity index is 588. The zero-order chi connectivity index (χ0) is 17.8. The fourth-order valence-electron chi connectivity index (χ4n) is 2.66. The maximum Gasteiger partial charge on any atom is 0.492 e. The van der Waals surface area contributed by atoms with Gasteiger partial charge in [0.05, 0.1) is 11.4 Å². The first-order chi connectivity index (χ1) is 11.2. The molecule has 8 nitrogen and oxygen atoms in total. The fourth-order valence-corrected chi connectivity index (χ4v) is 3.92. The molecule has 0 radical (unpaired) electrons. The van der Waals surface area contributed by atoms with Gasteiger partial charge in [-0.2, -0.15) is 0 Å². The monoisotopic (exact) mass is 372 g/mol. The first-order valence-electron chi connectivity index (χ1n) is 7.81. The van der Waals surface area contributed by atoms with E-state index in [4.69, 9.17) is 28.8 Å². The van der Waals surface area contributed by atoms with E-state index in [0.717, 1.165) is 11.4 Å². The summed E-state index contributed by atoms with van der Waals surface area (Å²) in [4.78, 5) is 54.5. The van der Waals surface area contributed by atoms with E-state index < -0.39 is 17.6 Å². The van der Waals surface area contributed by atoms with Crippen LogP contribution in [0.5, 0.6) is 0 Å². The average Bonchev–Trinajstić information content (AvgIpc) is 3.04. The van der Waals surface area contributed by atoms with Crippen LogP contribution in [0.15, 0.2) is 36.7 Å². The molecule has 0 unspecified atom stereocenters. The third-order valence-corrected chi connectivity index (χ3v) is 5.79. The minimum Gasteiger partial charge on any atom is -0.390 e. The summed E-state index contributed by atoms with van der Waals surface area (Å²) in [6.45, 7) is 1.09. The predicted molar refractivity (Wildman–Crippen MR) is 91.5 cm³/mol. The maximum absolute atomic E-state index is 9.09. The molecule has 2 rings (SSSR count). The summed E-state index contributed by atoms with van der Waals surface area (Å²) in [5.74, 6) is 0. The molecule has 2 heterocycles. The predicted octanol–water partition coefficient (Wildman–Crippen LogP) is -0.432. The molecule has 0 aliphatic rings. The smallest absolute Gasteiger partial charge is 0.390 e. The van der Waals surface area contributed by atoms with Crippen molar-refractivity contribution in [3.05, 3.63) is 36.7 Å². The van der Waals surface area contributed by atoms with Gasteiger partial charge in [-0.1, -0.05) is 0 Å². The molecule has 10 heteroatoms. The van der Waals surface area contributed by atoms with Gasteiger partial charge in [-0.15, -0.1) is 0 Å². The van der Waals surface area contributed by atoms with Gasteiger partial charge in [0.15, 0.2) is 0 Å². The highest BCUT2D eigenvalue weighted by molar-refractivity contribution is 6.56. The zero-order valence-corrected chi connectivity index (χ0v) is 15.3. The van der Waals surface area contributed by atoms with Gasteiger partial charge in [0.1, 0.15) is 0 Å². The van der Waals surface area contributed by atoms with Gasteiger partial charge in [0.2, 0.25) is 0 Å². The Balaban J connectivity index is 2.02. The van der Waals surface area contributed by atoms with Crippen molar-refractivity contribution in [2.45, 2.75) is 38.0 Å². The molecule has 2 aromatic rings. The molecule has 0 aliphatic carbocycles. The topological polar surface area (TPSA) is 131 Å². The van der Waals surface area contributed by atoms with E-state index in [9.17, 15) is 0 Å². The molecule has 0 amide bonds. The van der Waals surface area contributed by atoms with Crippen molar-refractivity contribution in [3.8, 4) is 11.4 Å². The molecular weight excluding hydrogens is 348 g/mol. The first kappa shape index (κ1) is 19.1. The lowest BCUT2D eigenvalue weighted by Gasteiger charge is -2.15. The lowest BCUT2D eigenvalue weighted by molar-refractivity contribution is 0.223. The molecule has 24 heavy (non-hydrogen) atoms. The number of aryl methyl sites for hydroxylation is 2. The Morgan fingerprint density at radius 2 is 1.04 bits per heavy atom. The van der Waals surface area contributed by atoms with E-state index in [-0.39, 0.29) is 12.1 Å². The second-order valence-electron chi connectivity index (χ2n) is 5.93. The summed E-state index contributed by atoms with van der Waals surface area (Å²) in [6.07, 6.45) is 4.67. The van der Waals surface area contributed by atoms with Crippen molar-refractivity contribution in [3.63, 3.8) is 0 Å². The average molecular weight is 373 g/mol. The Kier molecular flexibility index (Phi) is 6.17. The lowest BCUT2D eigenvalue weighted by Crippen LogP contribution is -2.34. The standard InChI is InChI=1S/C14H24N2O6Si2/c17-23(18,19)11-3-9-15-7-1-5-13(15)14-6-2-8-16(14)10-4-12-24(20,21)22/h1-2,5-8,17-22H,3-4,9-12H2. The SMILES string of the molecule is O[Si](O)(O)CCCn1cccc1-c1cccn1CCC[Si](O)(O)O. The molecule has 2 aromatic heterocycles. The molecule has 0 spiro atoms. The fraction of sp³-hybridized carbons (Fsp3) is 0.429. The molecule has 0 saturated heterocycles. The van der Waals surface area contributed by atoms with Crippen LogP contribution < -0.4 is 0 Å². The van der Waals surface area contributed by atoms with Crippen LogP contribution in [-0.4, -0.2) is 55.5 Å². The number of hydrogen-bond donors (Lipinski definition) is 6. The summed E-state index contributed by atoms with van der Waals surface area (Å²) in [5.41, 5.74) is 1.89. The van der Waals surface area contributed by atoms with Gasteiger partial charge >= 0.3 is 17.6 Å². The minimum absolute atomic E-state index is 0.0121. The summed E-state index contributed by atoms with van der Waals surface area (Å²) >= 11 is 0. The number of aromatic nitrogens is 2. The van der Waals surface area contributed by atoms with Crippen LogP contribution in [0.1, 0.15) is 12.8 Å². The first-order valence-corrected chi connectivity index (χ1v) is 11.9. The Labute approximate surface area is 142 Å². The molecule has 0 aliphatic heterocycles. The van der Waals surface area contributed by atoms with Crippen LogP contribution in [-0.2, 0) is 13.1 Å². The van der Waals surface area contributed by atoms with Crippen molar-refractivity contribution in [2.75, 3.05) is 0 Å². The van der Waals surface area contributed by atoms with Crippen LogP contribution in [0.25, 0.3) is 11.4 Å². The van der Waals surface area contributed by atoms with E-state index in [1.165, 1.54) is 0 Å². The highest BCUT2D eigenvalue weighted by Crippen LogP contribution is 2.23. The van der Waals surface area contributed by atoms with Crippen molar-refractivity contribution < 1.29 is 28.8 Å². The summed E-state index contributed by atoms with van der Waals surface area (Å²) in [5, 5.41) is 0. The summed E-state index contributed by atoms with van der Waals surface area (Å²) in [7, 11) is -8.01. The molecule has 134 valence electrons. The van der Waals surface area contributed by atoms with Crippen LogP contribution in [0.2, 0.25) is 12.1 Å². The molecular formula is C14H24N2O6Si2. The Morgan fingerprint density at radius 3 is 1.38 bits per heavy atom. The molecule has 0 bridgehead atoms. The van der Waals surface area contributed by atoms with Gasteiger partial charge in [-0.3, -0.25) is 0 Å². The zero-order valence-electron chi connectivity index (χ0n) is 13.3. The third-order valence-electron chi connectivity index (χ3n) is 3.74. The van der Waals surface area contributed by atoms with E-state index in [0.29, 0.717) is 25.9 Å². The van der Waals surface area contributed by atoms with Crippen LogP contribution in [0.3, 0.4) is 0 Å². The molecule has 0 saturated carbocycles. The van der Waals surface area contributed by atoms with Gasteiger partial charge in [-0.25, -0.2) is 0 Å². The van der Waals surface area contributed by atoms with E-state index in [1.54, 1.807) is 0 Å². The molecule has 0 atom stereocenters. The number of nitrogens with zero attached hydrogens (tertiary/aromatic N) is 2. The van der Waals surface area contributed by atoms with Crippen molar-refractivity contribution in [1.82, 2.24) is 9.13 Å². The number of hydrogen-bond acceptors (Lipinski definition) is 6. The summed E-state index contributed by atoms with van der Waals surface area (Å²) in [6, 6.07) is 7.64. The van der Waals surface area contributed by atoms with Crippen molar-refractivity contribution in [1.29, 1.82) is 0 Å².